The van der Waals surface area contributed by atoms with Crippen LogP contribution in [-0.4, -0.2) is 59.7 Å². The van der Waals surface area contributed by atoms with Gasteiger partial charge in [0.25, 0.3) is 5.91 Å². The number of rotatable bonds is 12. The number of hydrogen-bond donors (Lipinski definition) is 3. The van der Waals surface area contributed by atoms with Crippen LogP contribution in [-0.2, 0) is 16.1 Å². The lowest BCUT2D eigenvalue weighted by molar-refractivity contribution is -0.122. The predicted octanol–water partition coefficient (Wildman–Crippen LogP) is 1.47. The third-order valence-corrected chi connectivity index (χ3v) is 4.35. The first kappa shape index (κ1) is 23.6. The van der Waals surface area contributed by atoms with Crippen molar-refractivity contribution in [2.75, 3.05) is 32.2 Å². The maximum atomic E-state index is 12.1. The van der Waals surface area contributed by atoms with Gasteiger partial charge in [-0.15, -0.1) is 0 Å². The van der Waals surface area contributed by atoms with Crippen LogP contribution in [0.2, 0.25) is 0 Å². The van der Waals surface area contributed by atoms with Crippen LogP contribution < -0.4 is 24.8 Å². The maximum Gasteiger partial charge on any atom is 0.262 e. The van der Waals surface area contributed by atoms with Crippen LogP contribution in [0.5, 0.6) is 17.2 Å². The fourth-order valence-corrected chi connectivity index (χ4v) is 2.75. The smallest absolute Gasteiger partial charge is 0.262 e. The van der Waals surface area contributed by atoms with Gasteiger partial charge in [-0.05, 0) is 24.3 Å². The summed E-state index contributed by atoms with van der Waals surface area (Å²) >= 11 is 0. The van der Waals surface area contributed by atoms with Crippen molar-refractivity contribution in [3.05, 3.63) is 67.0 Å². The number of para-hydroxylation sites is 1. The molecule has 0 unspecified atom stereocenters. The number of hydrogen-bond acceptors (Lipinski definition) is 7. The van der Waals surface area contributed by atoms with Crippen LogP contribution in [0.1, 0.15) is 0 Å². The van der Waals surface area contributed by atoms with Crippen LogP contribution >= 0.6 is 0 Å². The molecule has 2 aromatic carbocycles. The van der Waals surface area contributed by atoms with Crippen molar-refractivity contribution in [2.45, 2.75) is 12.6 Å². The van der Waals surface area contributed by atoms with E-state index >= 15 is 0 Å². The molecule has 0 aliphatic carbocycles. The number of aliphatic hydroxyl groups excluding tert-OH is 1. The fraction of sp³-hybridized carbons (Fsp3) is 0.261. The molecule has 3 aromatic rings. The Bertz CT molecular complexity index is 1040. The lowest BCUT2D eigenvalue weighted by Crippen LogP contribution is -2.37. The van der Waals surface area contributed by atoms with E-state index in [1.54, 1.807) is 43.5 Å². The second-order valence-electron chi connectivity index (χ2n) is 7.02. The molecule has 0 saturated carbocycles. The summed E-state index contributed by atoms with van der Waals surface area (Å²) in [6.45, 7) is -0.188. The summed E-state index contributed by atoms with van der Waals surface area (Å²) in [6, 6.07) is 16.0. The molecule has 2 amide bonds. The minimum absolute atomic E-state index is 0.0104. The number of nitrogens with one attached hydrogen (secondary N) is 2. The largest absolute Gasteiger partial charge is 0.497 e. The van der Waals surface area contributed by atoms with E-state index in [2.05, 4.69) is 15.7 Å². The average Bonchev–Trinajstić information content (AvgIpc) is 3.27. The van der Waals surface area contributed by atoms with Crippen molar-refractivity contribution in [1.29, 1.82) is 0 Å². The highest BCUT2D eigenvalue weighted by Gasteiger charge is 2.11. The third-order valence-electron chi connectivity index (χ3n) is 4.35. The first-order valence-electron chi connectivity index (χ1n) is 10.2. The quantitative estimate of drug-likeness (QED) is 0.379. The van der Waals surface area contributed by atoms with Gasteiger partial charge in [-0.3, -0.25) is 14.3 Å². The van der Waals surface area contributed by atoms with E-state index in [-0.39, 0.29) is 38.1 Å². The maximum absolute atomic E-state index is 12.1. The zero-order valence-electron chi connectivity index (χ0n) is 18.1. The first-order chi connectivity index (χ1) is 16.0. The van der Waals surface area contributed by atoms with Gasteiger partial charge in [-0.2, -0.15) is 5.10 Å². The molecule has 0 aliphatic rings. The van der Waals surface area contributed by atoms with Crippen molar-refractivity contribution >= 4 is 17.5 Å². The van der Waals surface area contributed by atoms with E-state index in [4.69, 9.17) is 14.2 Å². The lowest BCUT2D eigenvalue weighted by atomic mass is 10.3. The number of benzene rings is 2. The Morgan fingerprint density at radius 1 is 1.03 bits per heavy atom. The van der Waals surface area contributed by atoms with E-state index in [1.807, 2.05) is 18.2 Å². The van der Waals surface area contributed by atoms with Crippen LogP contribution in [0.25, 0.3) is 0 Å². The summed E-state index contributed by atoms with van der Waals surface area (Å²) in [4.78, 5) is 24.1. The number of methoxy groups -OCH3 is 1. The predicted molar refractivity (Wildman–Crippen MR) is 120 cm³/mol. The number of nitrogens with zero attached hydrogens (tertiary/aromatic N) is 2. The highest BCUT2D eigenvalue weighted by Crippen LogP contribution is 2.18. The molecule has 1 atom stereocenters. The molecule has 10 nitrogen and oxygen atoms in total. The van der Waals surface area contributed by atoms with E-state index in [1.165, 1.54) is 17.1 Å². The van der Waals surface area contributed by atoms with Gasteiger partial charge in [0.15, 0.2) is 6.61 Å². The Morgan fingerprint density at radius 2 is 1.79 bits per heavy atom. The second kappa shape index (κ2) is 12.1. The Kier molecular flexibility index (Phi) is 8.66. The highest BCUT2D eigenvalue weighted by molar-refractivity contribution is 5.91. The van der Waals surface area contributed by atoms with Gasteiger partial charge in [0.1, 0.15) is 36.5 Å². The van der Waals surface area contributed by atoms with Crippen LogP contribution in [0.3, 0.4) is 0 Å². The van der Waals surface area contributed by atoms with Crippen LogP contribution in [0.15, 0.2) is 67.0 Å². The standard InChI is InChI=1S/C23H26N4O6/c1-31-20-8-5-9-21(10-20)32-15-18(28)12-24-22(29)14-27-13-17(11-25-27)26-23(30)16-33-19-6-3-2-4-7-19/h2-11,13,18,28H,12,14-16H2,1H3,(H,24,29)(H,26,30)/t18-/m1/s1. The fourth-order valence-electron chi connectivity index (χ4n) is 2.75. The molecule has 1 aromatic heterocycles. The van der Waals surface area contributed by atoms with E-state index < -0.39 is 6.10 Å². The minimum atomic E-state index is -0.891. The van der Waals surface area contributed by atoms with Crippen LogP contribution in [0.4, 0.5) is 5.69 Å². The molecule has 0 radical (unpaired) electrons. The van der Waals surface area contributed by atoms with E-state index in [9.17, 15) is 14.7 Å². The van der Waals surface area contributed by atoms with Gasteiger partial charge in [-0.1, -0.05) is 24.3 Å². The monoisotopic (exact) mass is 454 g/mol. The Morgan fingerprint density at radius 3 is 2.58 bits per heavy atom. The molecule has 0 spiro atoms. The molecular weight excluding hydrogens is 428 g/mol. The average molecular weight is 454 g/mol. The topological polar surface area (TPSA) is 124 Å². The summed E-state index contributed by atoms with van der Waals surface area (Å²) in [5, 5.41) is 19.4. The normalized spacial score (nSPS) is 11.3. The Balaban J connectivity index is 1.35. The van der Waals surface area contributed by atoms with Gasteiger partial charge < -0.3 is 30.0 Å². The summed E-state index contributed by atoms with van der Waals surface area (Å²) in [5.74, 6) is 1.11. The molecular formula is C23H26N4O6. The lowest BCUT2D eigenvalue weighted by Gasteiger charge is -2.14. The van der Waals surface area contributed by atoms with Gasteiger partial charge >= 0.3 is 0 Å². The van der Waals surface area contributed by atoms with Gasteiger partial charge in [0.2, 0.25) is 5.91 Å². The molecule has 1 heterocycles. The van der Waals surface area contributed by atoms with Gasteiger partial charge in [-0.25, -0.2) is 0 Å². The first-order valence-corrected chi connectivity index (χ1v) is 10.2. The molecule has 10 heteroatoms. The summed E-state index contributed by atoms with van der Waals surface area (Å²) < 4.78 is 17.4. The van der Waals surface area contributed by atoms with Crippen molar-refractivity contribution in [1.82, 2.24) is 15.1 Å². The zero-order valence-corrected chi connectivity index (χ0v) is 18.1. The number of carbonyl (C=O) groups is 2. The molecule has 3 rings (SSSR count). The number of aliphatic hydroxyl groups is 1. The van der Waals surface area contributed by atoms with Gasteiger partial charge in [0.05, 0.1) is 19.0 Å². The van der Waals surface area contributed by atoms with Crippen molar-refractivity contribution < 1.29 is 28.9 Å². The zero-order chi connectivity index (χ0) is 23.5. The summed E-state index contributed by atoms with van der Waals surface area (Å²) in [6.07, 6.45) is 2.07. The Hall–Kier alpha value is -4.05. The highest BCUT2D eigenvalue weighted by atomic mass is 16.5. The number of amides is 2. The number of ether oxygens (including phenoxy) is 3. The number of aromatic nitrogens is 2. The molecule has 174 valence electrons. The Labute approximate surface area is 191 Å². The summed E-state index contributed by atoms with van der Waals surface area (Å²) in [5.41, 5.74) is 0.441. The number of anilines is 1. The molecule has 0 aliphatic heterocycles. The molecule has 0 bridgehead atoms. The molecule has 0 saturated heterocycles. The molecule has 3 N–H and O–H groups in total. The SMILES string of the molecule is COc1cccc(OC[C@H](O)CNC(=O)Cn2cc(NC(=O)COc3ccccc3)cn2)c1. The van der Waals surface area contributed by atoms with Crippen LogP contribution in [0, 0.1) is 0 Å². The second-order valence-corrected chi connectivity index (χ2v) is 7.02. The minimum Gasteiger partial charge on any atom is -0.497 e. The van der Waals surface area contributed by atoms with Crippen molar-refractivity contribution in [3.63, 3.8) is 0 Å². The molecule has 33 heavy (non-hydrogen) atoms. The van der Waals surface area contributed by atoms with E-state index in [0.29, 0.717) is 22.9 Å². The van der Waals surface area contributed by atoms with Crippen molar-refractivity contribution in [2.24, 2.45) is 0 Å². The summed E-state index contributed by atoms with van der Waals surface area (Å²) in [7, 11) is 1.56. The van der Waals surface area contributed by atoms with E-state index in [0.717, 1.165) is 0 Å². The van der Waals surface area contributed by atoms with Crippen molar-refractivity contribution in [3.8, 4) is 17.2 Å². The molecule has 0 fully saturated rings. The van der Waals surface area contributed by atoms with Gasteiger partial charge in [0, 0.05) is 18.8 Å². The number of carbonyl (C=O) groups excluding carboxylic acids is 2. The third kappa shape index (κ3) is 8.19.